The Hall–Kier alpha value is -0.160. The number of hydrogen-bond acceptors (Lipinski definition) is 4. The van der Waals surface area contributed by atoms with Gasteiger partial charge in [0.05, 0.1) is 0 Å². The minimum absolute atomic E-state index is 0.100. The van der Waals surface area contributed by atoms with E-state index in [1.165, 1.54) is 0 Å². The van der Waals surface area contributed by atoms with E-state index in [1.807, 2.05) is 0 Å². The van der Waals surface area contributed by atoms with Crippen molar-refractivity contribution >= 4 is 0 Å². The number of nitrogens with one attached hydrogen (secondary N) is 2. The lowest BCUT2D eigenvalue weighted by Gasteiger charge is -2.26. The van der Waals surface area contributed by atoms with Crippen LogP contribution < -0.4 is 22.1 Å². The molecule has 4 heteroatoms. The van der Waals surface area contributed by atoms with Crippen LogP contribution in [0.25, 0.3) is 0 Å². The van der Waals surface area contributed by atoms with Gasteiger partial charge in [-0.1, -0.05) is 0 Å². The third kappa shape index (κ3) is 12.3. The first kappa shape index (κ1) is 17.8. The highest BCUT2D eigenvalue weighted by atomic mass is 15.0. The van der Waals surface area contributed by atoms with Gasteiger partial charge in [-0.25, -0.2) is 0 Å². The van der Waals surface area contributed by atoms with Gasteiger partial charge in [-0.05, 0) is 54.4 Å². The van der Waals surface area contributed by atoms with Crippen molar-refractivity contribution in [3.8, 4) is 0 Å². The van der Waals surface area contributed by atoms with Gasteiger partial charge in [0.2, 0.25) is 0 Å². The minimum Gasteiger partial charge on any atom is -0.326 e. The van der Waals surface area contributed by atoms with Crippen molar-refractivity contribution in [2.24, 2.45) is 11.5 Å². The fraction of sp³-hybridized carbons (Fsp3) is 1.00. The van der Waals surface area contributed by atoms with Crippen LogP contribution in [0, 0.1) is 0 Å². The van der Waals surface area contributed by atoms with Crippen LogP contribution in [0.1, 0.15) is 54.4 Å². The summed E-state index contributed by atoms with van der Waals surface area (Å²) in [5.41, 5.74) is 11.8. The molecule has 0 rings (SSSR count). The Morgan fingerprint density at radius 2 is 1.06 bits per heavy atom. The van der Waals surface area contributed by atoms with Gasteiger partial charge < -0.3 is 22.1 Å². The largest absolute Gasteiger partial charge is 0.326 e. The maximum atomic E-state index is 5.99. The summed E-state index contributed by atoms with van der Waals surface area (Å²) < 4.78 is 0. The summed E-state index contributed by atoms with van der Waals surface area (Å²) in [5.74, 6) is 0. The van der Waals surface area contributed by atoms with E-state index in [1.54, 1.807) is 0 Å². The molecule has 18 heavy (non-hydrogen) atoms. The van der Waals surface area contributed by atoms with Crippen LogP contribution >= 0.6 is 0 Å². The van der Waals surface area contributed by atoms with E-state index in [2.05, 4.69) is 52.2 Å². The molecular formula is C14H34N4. The second kappa shape index (κ2) is 7.43. The minimum atomic E-state index is -0.100. The average Bonchev–Trinajstić information content (AvgIpc) is 2.06. The quantitative estimate of drug-likeness (QED) is 0.469. The Bertz CT molecular complexity index is 191. The molecule has 0 aliphatic rings. The van der Waals surface area contributed by atoms with E-state index in [-0.39, 0.29) is 11.1 Å². The first-order valence-corrected chi connectivity index (χ1v) is 7.04. The third-order valence-electron chi connectivity index (χ3n) is 2.78. The molecule has 0 aromatic carbocycles. The summed E-state index contributed by atoms with van der Waals surface area (Å²) >= 11 is 0. The van der Waals surface area contributed by atoms with Crippen molar-refractivity contribution < 1.29 is 0 Å². The van der Waals surface area contributed by atoms with Crippen molar-refractivity contribution in [1.82, 2.24) is 10.6 Å². The molecule has 4 nitrogen and oxygen atoms in total. The summed E-state index contributed by atoms with van der Waals surface area (Å²) in [6, 6.07) is 0.904. The van der Waals surface area contributed by atoms with Crippen LogP contribution in [0.2, 0.25) is 0 Å². The van der Waals surface area contributed by atoms with Crippen molar-refractivity contribution in [2.45, 2.75) is 77.5 Å². The van der Waals surface area contributed by atoms with Crippen LogP contribution in [-0.4, -0.2) is 36.3 Å². The van der Waals surface area contributed by atoms with Gasteiger partial charge >= 0.3 is 0 Å². The highest BCUT2D eigenvalue weighted by Gasteiger charge is 2.16. The fourth-order valence-corrected chi connectivity index (χ4v) is 2.36. The summed E-state index contributed by atoms with van der Waals surface area (Å²) in [6.07, 6.45) is 1.97. The molecule has 6 N–H and O–H groups in total. The van der Waals surface area contributed by atoms with E-state index >= 15 is 0 Å². The summed E-state index contributed by atoms with van der Waals surface area (Å²) in [4.78, 5) is 0. The zero-order valence-electron chi connectivity index (χ0n) is 13.1. The van der Waals surface area contributed by atoms with Gasteiger partial charge in [0.25, 0.3) is 0 Å². The van der Waals surface area contributed by atoms with Crippen LogP contribution in [-0.2, 0) is 0 Å². The number of hydrogen-bond donors (Lipinski definition) is 4. The monoisotopic (exact) mass is 258 g/mol. The van der Waals surface area contributed by atoms with E-state index in [4.69, 9.17) is 11.5 Å². The topological polar surface area (TPSA) is 76.1 Å². The van der Waals surface area contributed by atoms with E-state index < -0.39 is 0 Å². The van der Waals surface area contributed by atoms with Crippen molar-refractivity contribution in [3.05, 3.63) is 0 Å². The molecule has 0 aliphatic heterocycles. The molecular weight excluding hydrogens is 224 g/mol. The molecule has 0 aromatic rings. The predicted molar refractivity (Wildman–Crippen MR) is 80.7 cm³/mol. The van der Waals surface area contributed by atoms with E-state index in [0.29, 0.717) is 12.1 Å². The highest BCUT2D eigenvalue weighted by molar-refractivity contribution is 4.80. The van der Waals surface area contributed by atoms with Crippen LogP contribution in [0.3, 0.4) is 0 Å². The lowest BCUT2D eigenvalue weighted by molar-refractivity contribution is 0.368. The standard InChI is InChI=1S/C14H34N4/c1-11(9-13(3,4)15)17-7-8-18-12(2)10-14(5,6)16/h11-12,17-18H,7-10,15-16H2,1-6H3. The Kier molecular flexibility index (Phi) is 7.37. The van der Waals surface area contributed by atoms with Crippen molar-refractivity contribution in [2.75, 3.05) is 13.1 Å². The molecule has 0 amide bonds. The summed E-state index contributed by atoms with van der Waals surface area (Å²) in [7, 11) is 0. The highest BCUT2D eigenvalue weighted by Crippen LogP contribution is 2.07. The fourth-order valence-electron chi connectivity index (χ4n) is 2.36. The molecule has 0 radical (unpaired) electrons. The van der Waals surface area contributed by atoms with Gasteiger partial charge in [-0.3, -0.25) is 0 Å². The van der Waals surface area contributed by atoms with Crippen LogP contribution in [0.5, 0.6) is 0 Å². The van der Waals surface area contributed by atoms with Gasteiger partial charge in [-0.15, -0.1) is 0 Å². The molecule has 0 saturated carbocycles. The predicted octanol–water partition coefficient (Wildman–Crippen LogP) is 1.20. The maximum absolute atomic E-state index is 5.99. The second-order valence-electron chi connectivity index (χ2n) is 7.10. The maximum Gasteiger partial charge on any atom is 0.0112 e. The molecule has 0 aliphatic carbocycles. The van der Waals surface area contributed by atoms with E-state index in [0.717, 1.165) is 25.9 Å². The number of nitrogens with two attached hydrogens (primary N) is 2. The summed E-state index contributed by atoms with van der Waals surface area (Å²) in [5, 5.41) is 6.97. The Morgan fingerprint density at radius 1 is 0.778 bits per heavy atom. The summed E-state index contributed by atoms with van der Waals surface area (Å²) in [6.45, 7) is 14.6. The van der Waals surface area contributed by atoms with E-state index in [9.17, 15) is 0 Å². The first-order valence-electron chi connectivity index (χ1n) is 7.04. The lowest BCUT2D eigenvalue weighted by atomic mass is 9.97. The van der Waals surface area contributed by atoms with Crippen molar-refractivity contribution in [1.29, 1.82) is 0 Å². The lowest BCUT2D eigenvalue weighted by Crippen LogP contribution is -2.44. The number of rotatable bonds is 9. The molecule has 2 atom stereocenters. The van der Waals surface area contributed by atoms with Gasteiger partial charge in [-0.2, -0.15) is 0 Å². The van der Waals surface area contributed by atoms with Crippen molar-refractivity contribution in [3.63, 3.8) is 0 Å². The van der Waals surface area contributed by atoms with Gasteiger partial charge in [0.1, 0.15) is 0 Å². The normalized spacial score (nSPS) is 16.7. The van der Waals surface area contributed by atoms with Crippen LogP contribution in [0.15, 0.2) is 0 Å². The molecule has 0 fully saturated rings. The molecule has 0 heterocycles. The molecule has 0 aromatic heterocycles. The zero-order valence-corrected chi connectivity index (χ0v) is 13.1. The molecule has 110 valence electrons. The molecule has 0 saturated heterocycles. The second-order valence-corrected chi connectivity index (χ2v) is 7.10. The van der Waals surface area contributed by atoms with Gasteiger partial charge in [0, 0.05) is 36.3 Å². The smallest absolute Gasteiger partial charge is 0.0112 e. The third-order valence-corrected chi connectivity index (χ3v) is 2.78. The average molecular weight is 258 g/mol. The van der Waals surface area contributed by atoms with Crippen LogP contribution in [0.4, 0.5) is 0 Å². The van der Waals surface area contributed by atoms with Gasteiger partial charge in [0.15, 0.2) is 0 Å². The zero-order chi connectivity index (χ0) is 14.4. The molecule has 0 spiro atoms. The Morgan fingerprint density at radius 3 is 1.28 bits per heavy atom. The molecule has 2 unspecified atom stereocenters. The Labute approximate surface area is 113 Å². The molecule has 0 bridgehead atoms. The first-order chi connectivity index (χ1) is 7.99. The SMILES string of the molecule is CC(CC(C)(C)N)NCCNC(C)CC(C)(C)N. The Balaban J connectivity index is 3.62.